The van der Waals surface area contributed by atoms with Gasteiger partial charge in [0.1, 0.15) is 0 Å². The van der Waals surface area contributed by atoms with Gasteiger partial charge in [0.05, 0.1) is 6.04 Å². The number of fused-ring (bicyclic) bond motifs is 1. The lowest BCUT2D eigenvalue weighted by atomic mass is 9.95. The molecule has 1 aliphatic rings. The van der Waals surface area contributed by atoms with Crippen LogP contribution in [-0.4, -0.2) is 28.0 Å². The Bertz CT molecular complexity index is 770. The van der Waals surface area contributed by atoms with Crippen molar-refractivity contribution in [2.75, 3.05) is 13.1 Å². The molecule has 0 amide bonds. The second-order valence-electron chi connectivity index (χ2n) is 6.14. The van der Waals surface area contributed by atoms with Gasteiger partial charge in [-0.15, -0.1) is 0 Å². The third-order valence-electron chi connectivity index (χ3n) is 4.74. The first-order chi connectivity index (χ1) is 10.8. The molecule has 2 aromatic heterocycles. The van der Waals surface area contributed by atoms with Gasteiger partial charge in [-0.1, -0.05) is 18.2 Å². The first kappa shape index (κ1) is 13.5. The summed E-state index contributed by atoms with van der Waals surface area (Å²) in [5.41, 5.74) is 5.26. The van der Waals surface area contributed by atoms with E-state index in [2.05, 4.69) is 58.2 Å². The van der Waals surface area contributed by atoms with Crippen molar-refractivity contribution in [3.8, 4) is 0 Å². The van der Waals surface area contributed by atoms with Crippen molar-refractivity contribution in [3.05, 3.63) is 65.6 Å². The minimum atomic E-state index is 0.321. The molecule has 3 nitrogen and oxygen atoms in total. The summed E-state index contributed by atoms with van der Waals surface area (Å²) in [5.74, 6) is 0. The molecule has 22 heavy (non-hydrogen) atoms. The molecule has 3 heterocycles. The Morgan fingerprint density at radius 3 is 2.55 bits per heavy atom. The zero-order valence-electron chi connectivity index (χ0n) is 12.9. The average Bonchev–Trinajstić information content (AvgIpc) is 3.18. The van der Waals surface area contributed by atoms with Crippen LogP contribution in [0.1, 0.15) is 35.7 Å². The number of nitrogens with one attached hydrogen (secondary N) is 1. The van der Waals surface area contributed by atoms with Crippen molar-refractivity contribution in [2.24, 2.45) is 0 Å². The molecule has 1 fully saturated rings. The van der Waals surface area contributed by atoms with E-state index < -0.39 is 0 Å². The highest BCUT2D eigenvalue weighted by molar-refractivity contribution is 5.85. The molecule has 0 aliphatic carbocycles. The molecule has 0 unspecified atom stereocenters. The molecule has 0 saturated carbocycles. The molecule has 3 aromatic rings. The Morgan fingerprint density at radius 2 is 1.77 bits per heavy atom. The molecule has 1 aromatic carbocycles. The molecule has 0 bridgehead atoms. The van der Waals surface area contributed by atoms with Crippen molar-refractivity contribution >= 4 is 10.9 Å². The van der Waals surface area contributed by atoms with Crippen LogP contribution in [-0.2, 0) is 0 Å². The first-order valence-electron chi connectivity index (χ1n) is 8.06. The molecule has 1 aliphatic heterocycles. The minimum absolute atomic E-state index is 0.321. The second kappa shape index (κ2) is 5.58. The van der Waals surface area contributed by atoms with Crippen LogP contribution in [0.15, 0.2) is 48.8 Å². The molecule has 0 radical (unpaired) electrons. The van der Waals surface area contributed by atoms with E-state index in [1.54, 1.807) is 0 Å². The number of aryl methyl sites for hydroxylation is 1. The largest absolute Gasteiger partial charge is 0.358 e. The number of likely N-dealkylation sites (tertiary alicyclic amines) is 1. The fourth-order valence-electron chi connectivity index (χ4n) is 3.76. The van der Waals surface area contributed by atoms with Crippen LogP contribution in [0.3, 0.4) is 0 Å². The fourth-order valence-corrected chi connectivity index (χ4v) is 3.76. The van der Waals surface area contributed by atoms with Gasteiger partial charge in [-0.25, -0.2) is 0 Å². The Balaban J connectivity index is 1.91. The lowest BCUT2D eigenvalue weighted by molar-refractivity contribution is 0.281. The number of H-pyrrole nitrogens is 1. The van der Waals surface area contributed by atoms with Crippen molar-refractivity contribution < 1.29 is 0 Å². The number of benzene rings is 1. The van der Waals surface area contributed by atoms with E-state index in [0.717, 1.165) is 0 Å². The van der Waals surface area contributed by atoms with Gasteiger partial charge in [0.15, 0.2) is 0 Å². The van der Waals surface area contributed by atoms with E-state index in [9.17, 15) is 0 Å². The van der Waals surface area contributed by atoms with Crippen LogP contribution in [0.25, 0.3) is 10.9 Å². The number of nitrogens with zero attached hydrogens (tertiary/aromatic N) is 2. The maximum Gasteiger partial charge on any atom is 0.0626 e. The van der Waals surface area contributed by atoms with Crippen molar-refractivity contribution in [2.45, 2.75) is 25.8 Å². The van der Waals surface area contributed by atoms with Crippen molar-refractivity contribution in [1.29, 1.82) is 0 Å². The van der Waals surface area contributed by atoms with E-state index >= 15 is 0 Å². The van der Waals surface area contributed by atoms with Gasteiger partial charge < -0.3 is 4.98 Å². The molecular formula is C19H21N3. The van der Waals surface area contributed by atoms with E-state index in [4.69, 9.17) is 0 Å². The quantitative estimate of drug-likeness (QED) is 0.789. The molecule has 4 rings (SSSR count). The molecule has 1 saturated heterocycles. The topological polar surface area (TPSA) is 31.9 Å². The van der Waals surface area contributed by atoms with Crippen molar-refractivity contribution in [1.82, 2.24) is 14.9 Å². The van der Waals surface area contributed by atoms with E-state index in [1.807, 2.05) is 12.4 Å². The number of pyridine rings is 1. The second-order valence-corrected chi connectivity index (χ2v) is 6.14. The normalized spacial score (nSPS) is 17.1. The summed E-state index contributed by atoms with van der Waals surface area (Å²) in [6.07, 6.45) is 6.40. The maximum absolute atomic E-state index is 4.19. The van der Waals surface area contributed by atoms with Crippen LogP contribution in [0.5, 0.6) is 0 Å². The third kappa shape index (κ3) is 2.22. The Kier molecular flexibility index (Phi) is 3.43. The van der Waals surface area contributed by atoms with Gasteiger partial charge in [-0.05, 0) is 56.6 Å². The minimum Gasteiger partial charge on any atom is -0.358 e. The number of hydrogen-bond donors (Lipinski definition) is 1. The monoisotopic (exact) mass is 291 g/mol. The molecule has 3 heteroatoms. The molecule has 1 N–H and O–H groups in total. The number of hydrogen-bond acceptors (Lipinski definition) is 2. The van der Waals surface area contributed by atoms with Crippen LogP contribution >= 0.6 is 0 Å². The van der Waals surface area contributed by atoms with E-state index in [0.29, 0.717) is 6.04 Å². The van der Waals surface area contributed by atoms with Crippen LogP contribution in [0.2, 0.25) is 0 Å². The van der Waals surface area contributed by atoms with E-state index in [-0.39, 0.29) is 0 Å². The number of aromatic nitrogens is 2. The highest BCUT2D eigenvalue weighted by atomic mass is 15.2. The SMILES string of the molecule is Cc1[nH]c2ccccc2c1[C@H](c1ccncc1)N1CCCC1. The standard InChI is InChI=1S/C19H21N3/c1-14-18(16-6-2-3-7-17(16)21-14)19(22-12-4-5-13-22)15-8-10-20-11-9-15/h2-3,6-11,19,21H,4-5,12-13H2,1H3/t19-/m0/s1. The summed E-state index contributed by atoms with van der Waals surface area (Å²) >= 11 is 0. The Morgan fingerprint density at radius 1 is 1.05 bits per heavy atom. The van der Waals surface area contributed by atoms with Gasteiger partial charge >= 0.3 is 0 Å². The Hall–Kier alpha value is -2.13. The van der Waals surface area contributed by atoms with Gasteiger partial charge in [0.25, 0.3) is 0 Å². The summed E-state index contributed by atoms with van der Waals surface area (Å²) in [7, 11) is 0. The summed E-state index contributed by atoms with van der Waals surface area (Å²) in [6.45, 7) is 4.54. The predicted molar refractivity (Wildman–Crippen MR) is 89.9 cm³/mol. The van der Waals surface area contributed by atoms with E-state index in [1.165, 1.54) is 53.7 Å². The summed E-state index contributed by atoms with van der Waals surface area (Å²) < 4.78 is 0. The lowest BCUT2D eigenvalue weighted by Gasteiger charge is -2.28. The number of rotatable bonds is 3. The molecule has 0 spiro atoms. The number of para-hydroxylation sites is 1. The summed E-state index contributed by atoms with van der Waals surface area (Å²) in [6, 6.07) is 13.3. The van der Waals surface area contributed by atoms with Crippen LogP contribution in [0, 0.1) is 6.92 Å². The van der Waals surface area contributed by atoms with Gasteiger partial charge in [-0.3, -0.25) is 9.88 Å². The predicted octanol–water partition coefficient (Wildman–Crippen LogP) is 4.06. The zero-order chi connectivity index (χ0) is 14.9. The highest BCUT2D eigenvalue weighted by Crippen LogP contribution is 2.37. The number of aromatic amines is 1. The van der Waals surface area contributed by atoms with Gasteiger partial charge in [0.2, 0.25) is 0 Å². The van der Waals surface area contributed by atoms with Gasteiger partial charge in [0, 0.05) is 34.6 Å². The Labute approximate surface area is 131 Å². The fraction of sp³-hybridized carbons (Fsp3) is 0.316. The smallest absolute Gasteiger partial charge is 0.0626 e. The lowest BCUT2D eigenvalue weighted by Crippen LogP contribution is -2.27. The highest BCUT2D eigenvalue weighted by Gasteiger charge is 2.28. The maximum atomic E-state index is 4.19. The van der Waals surface area contributed by atoms with Crippen LogP contribution < -0.4 is 0 Å². The summed E-state index contributed by atoms with van der Waals surface area (Å²) in [5, 5.41) is 1.34. The molecule has 1 atom stereocenters. The van der Waals surface area contributed by atoms with Gasteiger partial charge in [-0.2, -0.15) is 0 Å². The van der Waals surface area contributed by atoms with Crippen molar-refractivity contribution in [3.63, 3.8) is 0 Å². The van der Waals surface area contributed by atoms with Crippen LogP contribution in [0.4, 0.5) is 0 Å². The third-order valence-corrected chi connectivity index (χ3v) is 4.74. The summed E-state index contributed by atoms with van der Waals surface area (Å²) in [4.78, 5) is 10.4. The molecule has 112 valence electrons. The average molecular weight is 291 g/mol. The zero-order valence-corrected chi connectivity index (χ0v) is 12.9. The molecular weight excluding hydrogens is 270 g/mol. The first-order valence-corrected chi connectivity index (χ1v) is 8.06.